The van der Waals surface area contributed by atoms with Gasteiger partial charge in [0.05, 0.1) is 0 Å². The maximum atomic E-state index is 12.1. The number of para-hydroxylation sites is 1. The Morgan fingerprint density at radius 3 is 2.59 bits per heavy atom. The van der Waals surface area contributed by atoms with Crippen molar-refractivity contribution in [2.45, 2.75) is 26.3 Å². The molecule has 0 fully saturated rings. The standard InChI is InChI=1S/C19H20N2O/c1-2-15-7-9-17(10-8-15)20-19(22)12-14-21-13-11-16-5-3-4-6-18(16)21/h3-11,13H,2,12,14H2,1H3,(H,20,22). The van der Waals surface area contributed by atoms with Gasteiger partial charge in [0.2, 0.25) is 5.91 Å². The van der Waals surface area contributed by atoms with Crippen LogP contribution in [0.5, 0.6) is 0 Å². The zero-order chi connectivity index (χ0) is 15.4. The van der Waals surface area contributed by atoms with Gasteiger partial charge >= 0.3 is 0 Å². The van der Waals surface area contributed by atoms with Crippen LogP contribution in [0.15, 0.2) is 60.8 Å². The fourth-order valence-corrected chi connectivity index (χ4v) is 2.60. The summed E-state index contributed by atoms with van der Waals surface area (Å²) in [5.41, 5.74) is 3.30. The number of fused-ring (bicyclic) bond motifs is 1. The Kier molecular flexibility index (Phi) is 4.24. The molecule has 3 nitrogen and oxygen atoms in total. The van der Waals surface area contributed by atoms with Crippen molar-refractivity contribution in [1.29, 1.82) is 0 Å². The number of nitrogens with zero attached hydrogens (tertiary/aromatic N) is 1. The van der Waals surface area contributed by atoms with Gasteiger partial charge in [-0.1, -0.05) is 37.3 Å². The third kappa shape index (κ3) is 3.19. The molecule has 0 aliphatic rings. The predicted octanol–water partition coefficient (Wildman–Crippen LogP) is 4.23. The van der Waals surface area contributed by atoms with Crippen LogP contribution >= 0.6 is 0 Å². The molecule has 0 bridgehead atoms. The molecule has 22 heavy (non-hydrogen) atoms. The molecule has 1 amide bonds. The second-order valence-electron chi connectivity index (χ2n) is 5.42. The summed E-state index contributed by atoms with van der Waals surface area (Å²) in [6.45, 7) is 2.81. The smallest absolute Gasteiger partial charge is 0.226 e. The van der Waals surface area contributed by atoms with E-state index in [4.69, 9.17) is 0 Å². The van der Waals surface area contributed by atoms with Gasteiger partial charge in [-0.25, -0.2) is 0 Å². The summed E-state index contributed by atoms with van der Waals surface area (Å²) in [6, 6.07) is 18.3. The van der Waals surface area contributed by atoms with Crippen LogP contribution in [0.25, 0.3) is 10.9 Å². The summed E-state index contributed by atoms with van der Waals surface area (Å²) in [6.07, 6.45) is 3.51. The Labute approximate surface area is 130 Å². The molecule has 0 aliphatic carbocycles. The van der Waals surface area contributed by atoms with Crippen molar-refractivity contribution in [3.63, 3.8) is 0 Å². The first-order valence-corrected chi connectivity index (χ1v) is 7.69. The van der Waals surface area contributed by atoms with E-state index in [9.17, 15) is 4.79 Å². The molecule has 3 aromatic rings. The topological polar surface area (TPSA) is 34.0 Å². The minimum absolute atomic E-state index is 0.0435. The molecule has 1 aromatic heterocycles. The van der Waals surface area contributed by atoms with Gasteiger partial charge in [0.15, 0.2) is 0 Å². The molecule has 0 atom stereocenters. The van der Waals surface area contributed by atoms with Crippen LogP contribution in [-0.4, -0.2) is 10.5 Å². The van der Waals surface area contributed by atoms with Crippen molar-refractivity contribution >= 4 is 22.5 Å². The van der Waals surface area contributed by atoms with Gasteiger partial charge in [0.25, 0.3) is 0 Å². The van der Waals surface area contributed by atoms with Gasteiger partial charge < -0.3 is 9.88 Å². The quantitative estimate of drug-likeness (QED) is 0.750. The number of hydrogen-bond acceptors (Lipinski definition) is 1. The van der Waals surface area contributed by atoms with Crippen molar-refractivity contribution in [3.05, 3.63) is 66.4 Å². The zero-order valence-electron chi connectivity index (χ0n) is 12.8. The third-order valence-electron chi connectivity index (χ3n) is 3.91. The number of anilines is 1. The molecule has 3 heteroatoms. The highest BCUT2D eigenvalue weighted by Crippen LogP contribution is 2.16. The molecule has 0 saturated carbocycles. The van der Waals surface area contributed by atoms with Crippen LogP contribution in [0.2, 0.25) is 0 Å². The Hall–Kier alpha value is -2.55. The van der Waals surface area contributed by atoms with Crippen molar-refractivity contribution in [2.24, 2.45) is 0 Å². The molecule has 0 unspecified atom stereocenters. The largest absolute Gasteiger partial charge is 0.347 e. The molecule has 0 radical (unpaired) electrons. The van der Waals surface area contributed by atoms with Crippen LogP contribution in [0.1, 0.15) is 18.9 Å². The number of carbonyl (C=O) groups is 1. The maximum absolute atomic E-state index is 12.1. The highest BCUT2D eigenvalue weighted by atomic mass is 16.1. The van der Waals surface area contributed by atoms with E-state index < -0.39 is 0 Å². The first-order valence-electron chi connectivity index (χ1n) is 7.69. The van der Waals surface area contributed by atoms with Crippen LogP contribution in [0.4, 0.5) is 5.69 Å². The molecule has 0 spiro atoms. The SMILES string of the molecule is CCc1ccc(NC(=O)CCn2ccc3ccccc32)cc1. The van der Waals surface area contributed by atoms with Crippen molar-refractivity contribution in [1.82, 2.24) is 4.57 Å². The molecule has 0 aliphatic heterocycles. The zero-order valence-corrected chi connectivity index (χ0v) is 12.8. The number of carbonyl (C=O) groups excluding carboxylic acids is 1. The summed E-state index contributed by atoms with van der Waals surface area (Å²) in [7, 11) is 0. The first kappa shape index (κ1) is 14.4. The minimum Gasteiger partial charge on any atom is -0.347 e. The van der Waals surface area contributed by atoms with Crippen molar-refractivity contribution in [2.75, 3.05) is 5.32 Å². The van der Waals surface area contributed by atoms with Gasteiger partial charge in [-0.05, 0) is 41.6 Å². The Morgan fingerprint density at radius 1 is 1.05 bits per heavy atom. The van der Waals surface area contributed by atoms with E-state index in [0.717, 1.165) is 12.1 Å². The third-order valence-corrected chi connectivity index (χ3v) is 3.91. The number of aryl methyl sites for hydroxylation is 2. The van der Waals surface area contributed by atoms with Crippen molar-refractivity contribution in [3.8, 4) is 0 Å². The number of aromatic nitrogens is 1. The lowest BCUT2D eigenvalue weighted by atomic mass is 10.1. The van der Waals surface area contributed by atoms with Crippen molar-refractivity contribution < 1.29 is 4.79 Å². The number of hydrogen-bond donors (Lipinski definition) is 1. The fourth-order valence-electron chi connectivity index (χ4n) is 2.60. The minimum atomic E-state index is 0.0435. The van der Waals surface area contributed by atoms with E-state index in [2.05, 4.69) is 47.1 Å². The monoisotopic (exact) mass is 292 g/mol. The van der Waals surface area contributed by atoms with E-state index in [0.29, 0.717) is 13.0 Å². The van der Waals surface area contributed by atoms with Crippen LogP contribution < -0.4 is 5.32 Å². The molecule has 0 saturated heterocycles. The normalized spacial score (nSPS) is 10.8. The van der Waals surface area contributed by atoms with E-state index in [-0.39, 0.29) is 5.91 Å². The molecule has 112 valence electrons. The number of amides is 1. The summed E-state index contributed by atoms with van der Waals surface area (Å²) < 4.78 is 2.12. The first-order chi connectivity index (χ1) is 10.8. The van der Waals surface area contributed by atoms with E-state index >= 15 is 0 Å². The van der Waals surface area contributed by atoms with Gasteiger partial charge in [-0.15, -0.1) is 0 Å². The average molecular weight is 292 g/mol. The van der Waals surface area contributed by atoms with E-state index in [1.165, 1.54) is 16.5 Å². The fraction of sp³-hybridized carbons (Fsp3) is 0.211. The van der Waals surface area contributed by atoms with Crippen LogP contribution in [0, 0.1) is 0 Å². The summed E-state index contributed by atoms with van der Waals surface area (Å²) in [5.74, 6) is 0.0435. The lowest BCUT2D eigenvalue weighted by Gasteiger charge is -2.08. The van der Waals surface area contributed by atoms with Crippen LogP contribution in [0.3, 0.4) is 0 Å². The highest BCUT2D eigenvalue weighted by Gasteiger charge is 2.05. The van der Waals surface area contributed by atoms with Crippen LogP contribution in [-0.2, 0) is 17.8 Å². The molecule has 2 aromatic carbocycles. The molecule has 3 rings (SSSR count). The Bertz CT molecular complexity index is 771. The molecular weight excluding hydrogens is 272 g/mol. The lowest BCUT2D eigenvalue weighted by Crippen LogP contribution is -2.14. The predicted molar refractivity (Wildman–Crippen MR) is 91.0 cm³/mol. The number of nitrogens with one attached hydrogen (secondary N) is 1. The van der Waals surface area contributed by atoms with Gasteiger partial charge in [-0.3, -0.25) is 4.79 Å². The van der Waals surface area contributed by atoms with E-state index in [1.807, 2.05) is 30.5 Å². The Balaban J connectivity index is 1.60. The second kappa shape index (κ2) is 6.48. The van der Waals surface area contributed by atoms with Gasteiger partial charge in [0, 0.05) is 30.4 Å². The summed E-state index contributed by atoms with van der Waals surface area (Å²) in [4.78, 5) is 12.1. The number of rotatable bonds is 5. The summed E-state index contributed by atoms with van der Waals surface area (Å²) in [5, 5.41) is 4.16. The number of benzene rings is 2. The van der Waals surface area contributed by atoms with Gasteiger partial charge in [0.1, 0.15) is 0 Å². The second-order valence-corrected chi connectivity index (χ2v) is 5.42. The molecule has 1 heterocycles. The van der Waals surface area contributed by atoms with E-state index in [1.54, 1.807) is 0 Å². The van der Waals surface area contributed by atoms with Gasteiger partial charge in [-0.2, -0.15) is 0 Å². The average Bonchev–Trinajstić information content (AvgIpc) is 2.97. The molecule has 1 N–H and O–H groups in total. The summed E-state index contributed by atoms with van der Waals surface area (Å²) >= 11 is 0. The maximum Gasteiger partial charge on any atom is 0.226 e. The Morgan fingerprint density at radius 2 is 1.82 bits per heavy atom. The molecular formula is C19H20N2O. The highest BCUT2D eigenvalue weighted by molar-refractivity contribution is 5.90. The lowest BCUT2D eigenvalue weighted by molar-refractivity contribution is -0.116.